The number of nitrogens with zero attached hydrogens (tertiary/aromatic N) is 1. The lowest BCUT2D eigenvalue weighted by atomic mass is 10.1. The van der Waals surface area contributed by atoms with Crippen LogP contribution in [0.3, 0.4) is 0 Å². The van der Waals surface area contributed by atoms with Crippen LogP contribution in [0.15, 0.2) is 30.5 Å². The molecule has 0 aliphatic heterocycles. The molecule has 0 saturated carbocycles. The Hall–Kier alpha value is -2.07. The van der Waals surface area contributed by atoms with Crippen LogP contribution in [0.1, 0.15) is 22.4 Å². The molecule has 1 heterocycles. The average molecular weight is 257 g/mol. The first-order chi connectivity index (χ1) is 9.11. The highest BCUT2D eigenvalue weighted by atomic mass is 16.5. The molecule has 0 radical (unpaired) electrons. The van der Waals surface area contributed by atoms with Crippen molar-refractivity contribution in [3.05, 3.63) is 52.8 Å². The maximum absolute atomic E-state index is 5.90. The van der Waals surface area contributed by atoms with Crippen LogP contribution in [0.4, 0.5) is 5.69 Å². The molecular formula is C15H19N3O. The van der Waals surface area contributed by atoms with E-state index >= 15 is 0 Å². The van der Waals surface area contributed by atoms with Gasteiger partial charge in [0.25, 0.3) is 0 Å². The molecule has 0 amide bonds. The zero-order valence-electron chi connectivity index (χ0n) is 11.5. The van der Waals surface area contributed by atoms with Crippen LogP contribution < -0.4 is 16.0 Å². The van der Waals surface area contributed by atoms with E-state index < -0.39 is 0 Å². The predicted octanol–water partition coefficient (Wildman–Crippen LogP) is 2.87. The van der Waals surface area contributed by atoms with E-state index in [1.807, 2.05) is 19.1 Å². The van der Waals surface area contributed by atoms with Gasteiger partial charge in [-0.2, -0.15) is 0 Å². The second-order valence-corrected chi connectivity index (χ2v) is 4.62. The Labute approximate surface area is 113 Å². The van der Waals surface area contributed by atoms with Gasteiger partial charge >= 0.3 is 0 Å². The van der Waals surface area contributed by atoms with Crippen LogP contribution in [0.5, 0.6) is 5.75 Å². The van der Waals surface area contributed by atoms with E-state index in [1.165, 1.54) is 11.1 Å². The summed E-state index contributed by atoms with van der Waals surface area (Å²) in [6.07, 6.45) is 1.71. The molecule has 19 heavy (non-hydrogen) atoms. The molecule has 2 aromatic rings. The number of nitrogens with two attached hydrogens (primary N) is 1. The van der Waals surface area contributed by atoms with Gasteiger partial charge in [-0.05, 0) is 49.6 Å². The number of hydrogen-bond acceptors (Lipinski definition) is 4. The summed E-state index contributed by atoms with van der Waals surface area (Å²) in [5.41, 5.74) is 7.81. The molecule has 0 aliphatic carbocycles. The van der Waals surface area contributed by atoms with E-state index in [4.69, 9.17) is 10.6 Å². The highest BCUT2D eigenvalue weighted by molar-refractivity contribution is 5.45. The molecule has 100 valence electrons. The van der Waals surface area contributed by atoms with Crippen molar-refractivity contribution in [2.24, 2.45) is 5.84 Å². The van der Waals surface area contributed by atoms with Gasteiger partial charge in [0.05, 0.1) is 11.4 Å². The number of aromatic nitrogens is 1. The van der Waals surface area contributed by atoms with E-state index in [0.717, 1.165) is 22.7 Å². The molecule has 0 aliphatic rings. The first-order valence-electron chi connectivity index (χ1n) is 6.23. The molecule has 0 unspecified atom stereocenters. The maximum Gasteiger partial charge on any atom is 0.130 e. The van der Waals surface area contributed by atoms with Crippen molar-refractivity contribution in [1.29, 1.82) is 0 Å². The van der Waals surface area contributed by atoms with Crippen molar-refractivity contribution in [1.82, 2.24) is 4.98 Å². The standard InChI is InChI=1S/C15H19N3O/c1-10-4-5-11(2)15(12(10)3)19-9-14-8-13(18-16)6-7-17-14/h4-8H,9,16H2,1-3H3,(H,17,18). The third-order valence-corrected chi connectivity index (χ3v) is 3.22. The second kappa shape index (κ2) is 5.71. The summed E-state index contributed by atoms with van der Waals surface area (Å²) in [5, 5.41) is 0. The van der Waals surface area contributed by atoms with Gasteiger partial charge in [0.1, 0.15) is 12.4 Å². The fraction of sp³-hybridized carbons (Fsp3) is 0.267. The van der Waals surface area contributed by atoms with Gasteiger partial charge in [-0.25, -0.2) is 0 Å². The molecule has 2 rings (SSSR count). The number of hydrogen-bond donors (Lipinski definition) is 2. The summed E-state index contributed by atoms with van der Waals surface area (Å²) >= 11 is 0. The molecule has 4 heteroatoms. The maximum atomic E-state index is 5.90. The number of hydrazine groups is 1. The zero-order valence-corrected chi connectivity index (χ0v) is 11.5. The minimum absolute atomic E-state index is 0.431. The van der Waals surface area contributed by atoms with Crippen LogP contribution in [-0.4, -0.2) is 4.98 Å². The minimum Gasteiger partial charge on any atom is -0.487 e. The number of benzene rings is 1. The molecule has 0 spiro atoms. The average Bonchev–Trinajstić information content (AvgIpc) is 2.43. The van der Waals surface area contributed by atoms with Crippen LogP contribution in [-0.2, 0) is 6.61 Å². The fourth-order valence-corrected chi connectivity index (χ4v) is 1.94. The first-order valence-corrected chi connectivity index (χ1v) is 6.23. The number of anilines is 1. The van der Waals surface area contributed by atoms with Crippen molar-refractivity contribution < 1.29 is 4.74 Å². The summed E-state index contributed by atoms with van der Waals surface area (Å²) in [4.78, 5) is 4.26. The molecule has 1 aromatic carbocycles. The van der Waals surface area contributed by atoms with Crippen LogP contribution >= 0.6 is 0 Å². The van der Waals surface area contributed by atoms with Gasteiger partial charge in [-0.1, -0.05) is 12.1 Å². The third kappa shape index (κ3) is 3.03. The van der Waals surface area contributed by atoms with Gasteiger partial charge in [-0.15, -0.1) is 0 Å². The number of nitrogen functional groups attached to an aromatic ring is 1. The molecule has 0 atom stereocenters. The van der Waals surface area contributed by atoms with Crippen molar-refractivity contribution in [3.63, 3.8) is 0 Å². The normalized spacial score (nSPS) is 10.3. The lowest BCUT2D eigenvalue weighted by Crippen LogP contribution is -2.08. The Balaban J connectivity index is 2.16. The smallest absolute Gasteiger partial charge is 0.130 e. The fourth-order valence-electron chi connectivity index (χ4n) is 1.94. The quantitative estimate of drug-likeness (QED) is 0.653. The predicted molar refractivity (Wildman–Crippen MR) is 77.0 cm³/mol. The second-order valence-electron chi connectivity index (χ2n) is 4.62. The SMILES string of the molecule is Cc1ccc(C)c(OCc2cc(NN)ccn2)c1C. The summed E-state index contributed by atoms with van der Waals surface area (Å²) in [5.74, 6) is 6.31. The lowest BCUT2D eigenvalue weighted by Gasteiger charge is -2.14. The topological polar surface area (TPSA) is 60.2 Å². The third-order valence-electron chi connectivity index (χ3n) is 3.22. The molecular weight excluding hydrogens is 238 g/mol. The first kappa shape index (κ1) is 13.4. The molecule has 0 fully saturated rings. The Morgan fingerprint density at radius 2 is 1.89 bits per heavy atom. The van der Waals surface area contributed by atoms with E-state index in [0.29, 0.717) is 6.61 Å². The Kier molecular flexibility index (Phi) is 4.02. The van der Waals surface area contributed by atoms with E-state index in [2.05, 4.69) is 36.4 Å². The largest absolute Gasteiger partial charge is 0.487 e. The van der Waals surface area contributed by atoms with Crippen LogP contribution in [0.2, 0.25) is 0 Å². The zero-order chi connectivity index (χ0) is 13.8. The van der Waals surface area contributed by atoms with Crippen molar-refractivity contribution in [2.45, 2.75) is 27.4 Å². The highest BCUT2D eigenvalue weighted by Crippen LogP contribution is 2.26. The minimum atomic E-state index is 0.431. The number of pyridine rings is 1. The summed E-state index contributed by atoms with van der Waals surface area (Å²) in [6.45, 7) is 6.63. The van der Waals surface area contributed by atoms with Gasteiger partial charge < -0.3 is 10.2 Å². The molecule has 0 bridgehead atoms. The Morgan fingerprint density at radius 1 is 1.16 bits per heavy atom. The lowest BCUT2D eigenvalue weighted by molar-refractivity contribution is 0.297. The Bertz CT molecular complexity index is 582. The Morgan fingerprint density at radius 3 is 2.63 bits per heavy atom. The van der Waals surface area contributed by atoms with Crippen LogP contribution in [0.25, 0.3) is 0 Å². The van der Waals surface area contributed by atoms with Gasteiger partial charge in [-0.3, -0.25) is 10.8 Å². The summed E-state index contributed by atoms with van der Waals surface area (Å²) < 4.78 is 5.90. The molecule has 0 saturated heterocycles. The number of ether oxygens (including phenoxy) is 1. The number of aryl methyl sites for hydroxylation is 2. The van der Waals surface area contributed by atoms with E-state index in [1.54, 1.807) is 6.20 Å². The van der Waals surface area contributed by atoms with Crippen LogP contribution in [0, 0.1) is 20.8 Å². The van der Waals surface area contributed by atoms with Crippen molar-refractivity contribution in [3.8, 4) is 5.75 Å². The van der Waals surface area contributed by atoms with Crippen molar-refractivity contribution >= 4 is 5.69 Å². The van der Waals surface area contributed by atoms with Crippen molar-refractivity contribution in [2.75, 3.05) is 5.43 Å². The van der Waals surface area contributed by atoms with Gasteiger partial charge in [0.15, 0.2) is 0 Å². The van der Waals surface area contributed by atoms with Gasteiger partial charge in [0.2, 0.25) is 0 Å². The monoisotopic (exact) mass is 257 g/mol. The highest BCUT2D eigenvalue weighted by Gasteiger charge is 2.07. The number of rotatable bonds is 4. The van der Waals surface area contributed by atoms with Gasteiger partial charge in [0, 0.05) is 6.20 Å². The van der Waals surface area contributed by atoms with E-state index in [-0.39, 0.29) is 0 Å². The van der Waals surface area contributed by atoms with E-state index in [9.17, 15) is 0 Å². The summed E-state index contributed by atoms with van der Waals surface area (Å²) in [6, 6.07) is 7.87. The molecule has 4 nitrogen and oxygen atoms in total. The molecule has 3 N–H and O–H groups in total. The number of nitrogens with one attached hydrogen (secondary N) is 1. The summed E-state index contributed by atoms with van der Waals surface area (Å²) in [7, 11) is 0. The molecule has 1 aromatic heterocycles.